The first-order chi connectivity index (χ1) is 20.1. The topological polar surface area (TPSA) is 93.4 Å². The van der Waals surface area contributed by atoms with E-state index < -0.39 is 38.9 Å². The molecule has 1 N–H and O–H groups in total. The van der Waals surface area contributed by atoms with Crippen molar-refractivity contribution in [1.82, 2.24) is 24.4 Å². The standard InChI is InChI=1S/C31H35N5O3Si/c1-30(2,3)40(5,6)39-31(12-13-31)29-32-16-19(17-33-29)18-10-11-21-22(14-18)36-23-15-24(27(36)34-21)35(4)28(38)20-8-7-9-25(37)26(20)23/h7-11,14,16-17,23-24,37H,12-13,15H2,1-6H3/t23-,24-/m1/s1/i4D3. The Bertz CT molecular complexity index is 1790. The molecule has 1 aliphatic carbocycles. The van der Waals surface area contributed by atoms with Crippen LogP contribution in [0.3, 0.4) is 0 Å². The van der Waals surface area contributed by atoms with Crippen LogP contribution < -0.4 is 0 Å². The lowest BCUT2D eigenvalue weighted by atomic mass is 9.97. The number of hydrogen-bond acceptors (Lipinski definition) is 6. The van der Waals surface area contributed by atoms with Gasteiger partial charge in [-0.1, -0.05) is 32.9 Å². The van der Waals surface area contributed by atoms with E-state index in [-0.39, 0.29) is 16.4 Å². The minimum Gasteiger partial charge on any atom is -0.508 e. The quantitative estimate of drug-likeness (QED) is 0.295. The van der Waals surface area contributed by atoms with E-state index in [1.165, 1.54) is 6.07 Å². The van der Waals surface area contributed by atoms with Gasteiger partial charge in [-0.25, -0.2) is 15.0 Å². The van der Waals surface area contributed by atoms with Crippen molar-refractivity contribution in [3.63, 3.8) is 0 Å². The van der Waals surface area contributed by atoms with Gasteiger partial charge in [0.05, 0.1) is 23.1 Å². The number of carbonyl (C=O) groups is 1. The number of phenolic OH excluding ortho intramolecular Hbond substituents is 1. The Labute approximate surface area is 239 Å². The highest BCUT2D eigenvalue weighted by Crippen LogP contribution is 2.53. The zero-order valence-corrected chi connectivity index (χ0v) is 24.4. The van der Waals surface area contributed by atoms with E-state index in [4.69, 9.17) is 23.5 Å². The van der Waals surface area contributed by atoms with Gasteiger partial charge in [0.2, 0.25) is 0 Å². The molecule has 0 radical (unpaired) electrons. The van der Waals surface area contributed by atoms with Crippen LogP contribution in [0.1, 0.15) is 83.8 Å². The second-order valence-electron chi connectivity index (χ2n) is 12.9. The molecule has 2 aromatic carbocycles. The van der Waals surface area contributed by atoms with Gasteiger partial charge in [-0.3, -0.25) is 4.79 Å². The number of carbonyl (C=O) groups excluding carboxylic acids is 1. The monoisotopic (exact) mass is 556 g/mol. The molecule has 7 rings (SSSR count). The normalized spacial score (nSPS) is 22.8. The Morgan fingerprint density at radius 1 is 1.10 bits per heavy atom. The van der Waals surface area contributed by atoms with Crippen LogP contribution in [0.15, 0.2) is 48.8 Å². The molecule has 0 saturated heterocycles. The lowest BCUT2D eigenvalue weighted by molar-refractivity contribution is 0.0734. The van der Waals surface area contributed by atoms with Gasteiger partial charge in [0, 0.05) is 46.6 Å². The summed E-state index contributed by atoms with van der Waals surface area (Å²) < 4.78 is 33.3. The van der Waals surface area contributed by atoms with Gasteiger partial charge in [-0.15, -0.1) is 0 Å². The number of benzene rings is 2. The van der Waals surface area contributed by atoms with Gasteiger partial charge in [-0.05, 0) is 60.8 Å². The van der Waals surface area contributed by atoms with Crippen molar-refractivity contribution < 1.29 is 18.4 Å². The van der Waals surface area contributed by atoms with Crippen molar-refractivity contribution in [1.29, 1.82) is 0 Å². The lowest BCUT2D eigenvalue weighted by Gasteiger charge is -2.39. The summed E-state index contributed by atoms with van der Waals surface area (Å²) in [7, 11) is -2.00. The summed E-state index contributed by atoms with van der Waals surface area (Å²) in [6.07, 6.45) is 5.81. The number of phenols is 1. The molecule has 2 aromatic heterocycles. The molecule has 2 atom stereocenters. The highest BCUT2D eigenvalue weighted by molar-refractivity contribution is 6.74. The number of amides is 1. The van der Waals surface area contributed by atoms with Gasteiger partial charge in [0.15, 0.2) is 14.1 Å². The third-order valence-corrected chi connectivity index (χ3v) is 13.8. The van der Waals surface area contributed by atoms with Crippen LogP contribution in [-0.4, -0.2) is 50.7 Å². The molecule has 3 aliphatic rings. The zero-order valence-electron chi connectivity index (χ0n) is 26.4. The van der Waals surface area contributed by atoms with E-state index in [2.05, 4.69) is 33.9 Å². The molecule has 1 amide bonds. The van der Waals surface area contributed by atoms with Crippen molar-refractivity contribution in [2.45, 2.75) is 75.9 Å². The molecule has 0 unspecified atom stereocenters. The summed E-state index contributed by atoms with van der Waals surface area (Å²) in [5.41, 5.74) is 3.42. The summed E-state index contributed by atoms with van der Waals surface area (Å²) in [6, 6.07) is 9.33. The van der Waals surface area contributed by atoms with Gasteiger partial charge in [-0.2, -0.15) is 0 Å². The Morgan fingerprint density at radius 2 is 1.85 bits per heavy atom. The van der Waals surface area contributed by atoms with Crippen molar-refractivity contribution in [3.8, 4) is 16.9 Å². The van der Waals surface area contributed by atoms with E-state index in [1.54, 1.807) is 12.1 Å². The van der Waals surface area contributed by atoms with E-state index >= 15 is 0 Å². The van der Waals surface area contributed by atoms with E-state index in [0.717, 1.165) is 40.2 Å². The van der Waals surface area contributed by atoms with E-state index in [1.807, 2.05) is 35.2 Å². The minimum absolute atomic E-state index is 0.0363. The third kappa shape index (κ3) is 3.60. The molecule has 2 aliphatic heterocycles. The molecular weight excluding hydrogens is 518 g/mol. The number of aromatic hydroxyl groups is 1. The maximum Gasteiger partial charge on any atom is 0.254 e. The number of rotatable bonds is 4. The van der Waals surface area contributed by atoms with Gasteiger partial charge in [0.1, 0.15) is 17.2 Å². The van der Waals surface area contributed by atoms with E-state index in [0.29, 0.717) is 23.3 Å². The lowest BCUT2D eigenvalue weighted by Crippen LogP contribution is -2.44. The number of aromatic nitrogens is 4. The summed E-state index contributed by atoms with van der Waals surface area (Å²) in [4.78, 5) is 28.8. The molecule has 4 aromatic rings. The molecule has 1 fully saturated rings. The molecule has 0 spiro atoms. The largest absolute Gasteiger partial charge is 0.508 e. The molecular formula is C31H35N5O3Si. The first-order valence-electron chi connectivity index (χ1n) is 15.3. The fourth-order valence-corrected chi connectivity index (χ4v) is 7.52. The zero-order chi connectivity index (χ0) is 30.7. The van der Waals surface area contributed by atoms with Crippen LogP contribution in [0.5, 0.6) is 5.75 Å². The molecule has 40 heavy (non-hydrogen) atoms. The fourth-order valence-electron chi connectivity index (χ4n) is 5.94. The Kier molecular flexibility index (Phi) is 4.56. The van der Waals surface area contributed by atoms with Gasteiger partial charge in [0.25, 0.3) is 5.91 Å². The average molecular weight is 557 g/mol. The maximum absolute atomic E-state index is 13.5. The summed E-state index contributed by atoms with van der Waals surface area (Å²) in [6.45, 7) is 8.53. The van der Waals surface area contributed by atoms with Crippen LogP contribution in [0.25, 0.3) is 22.2 Å². The maximum atomic E-state index is 13.5. The fraction of sp³-hybridized carbons (Fsp3) is 0.419. The van der Waals surface area contributed by atoms with Crippen molar-refractivity contribution in [3.05, 3.63) is 71.6 Å². The molecule has 8 nitrogen and oxygen atoms in total. The van der Waals surface area contributed by atoms with Crippen LogP contribution in [0.2, 0.25) is 18.1 Å². The Hall–Kier alpha value is -3.56. The molecule has 206 valence electrons. The molecule has 4 heterocycles. The van der Waals surface area contributed by atoms with Crippen LogP contribution in [0.4, 0.5) is 0 Å². The van der Waals surface area contributed by atoms with Crippen LogP contribution in [0, 0.1) is 0 Å². The smallest absolute Gasteiger partial charge is 0.254 e. The number of nitrogens with zero attached hydrogens (tertiary/aromatic N) is 5. The molecule has 1 saturated carbocycles. The van der Waals surface area contributed by atoms with Crippen molar-refractivity contribution in [2.75, 3.05) is 6.98 Å². The van der Waals surface area contributed by atoms with Gasteiger partial charge < -0.3 is 19.0 Å². The van der Waals surface area contributed by atoms with Crippen molar-refractivity contribution >= 4 is 25.3 Å². The molecule has 2 bridgehead atoms. The van der Waals surface area contributed by atoms with Crippen molar-refractivity contribution in [2.24, 2.45) is 0 Å². The Morgan fingerprint density at radius 3 is 2.52 bits per heavy atom. The SMILES string of the molecule is [2H]C([2H])([2H])N1C(=O)c2cccc(O)c2[C@H]2C[C@@H]1c1nc3ccc(-c4cnc(C5(O[Si](C)(C)C(C)(C)C)CC5)nc4)cc3n12. The summed E-state index contributed by atoms with van der Waals surface area (Å²) >= 11 is 0. The first kappa shape index (κ1) is 22.2. The average Bonchev–Trinajstić information content (AvgIpc) is 3.51. The highest BCUT2D eigenvalue weighted by atomic mass is 28.4. The third-order valence-electron chi connectivity index (χ3n) is 9.30. The van der Waals surface area contributed by atoms with Crippen LogP contribution >= 0.6 is 0 Å². The highest BCUT2D eigenvalue weighted by Gasteiger charge is 2.54. The number of imidazole rings is 1. The number of fused-ring (bicyclic) bond motifs is 9. The molecule has 9 heteroatoms. The second kappa shape index (κ2) is 8.23. The van der Waals surface area contributed by atoms with Crippen LogP contribution in [-0.2, 0) is 10.0 Å². The minimum atomic E-state index is -2.68. The van der Waals surface area contributed by atoms with E-state index in [9.17, 15) is 9.90 Å². The predicted octanol–water partition coefficient (Wildman–Crippen LogP) is 6.33. The predicted molar refractivity (Wildman–Crippen MR) is 156 cm³/mol. The summed E-state index contributed by atoms with van der Waals surface area (Å²) in [5, 5.41) is 11.0. The Balaban J connectivity index is 1.29. The second-order valence-corrected chi connectivity index (χ2v) is 17.6. The summed E-state index contributed by atoms with van der Waals surface area (Å²) in [5.74, 6) is 0.561. The first-order valence-corrected chi connectivity index (χ1v) is 16.7. The number of hydrogen-bond donors (Lipinski definition) is 1. The van der Waals surface area contributed by atoms with Gasteiger partial charge >= 0.3 is 0 Å².